The number of aliphatic hydroxyl groups excluding tert-OH is 3. The predicted molar refractivity (Wildman–Crippen MR) is 71.2 cm³/mol. The summed E-state index contributed by atoms with van der Waals surface area (Å²) in [7, 11) is 0. The zero-order valence-corrected chi connectivity index (χ0v) is 11.8. The highest BCUT2D eigenvalue weighted by atomic mass is 32.2. The third kappa shape index (κ3) is 2.50. The predicted octanol–water partition coefficient (Wildman–Crippen LogP) is -0.909. The second kappa shape index (κ2) is 5.83. The number of hydrogen-bond acceptors (Lipinski definition) is 9. The van der Waals surface area contributed by atoms with Crippen LogP contribution in [-0.4, -0.2) is 66.4 Å². The van der Waals surface area contributed by atoms with Gasteiger partial charge in [-0.3, -0.25) is 4.57 Å². The SMILES string of the molecule is CSc1ncnc2c1ncn2[C@@H]1O[C@@H](CO)[C@H](O)O[C@@H]1O. The van der Waals surface area contributed by atoms with Crippen LogP contribution in [0.2, 0.25) is 0 Å². The van der Waals surface area contributed by atoms with Gasteiger partial charge < -0.3 is 24.8 Å². The first-order valence-corrected chi connectivity index (χ1v) is 7.37. The number of imidazole rings is 1. The maximum atomic E-state index is 9.92. The quantitative estimate of drug-likeness (QED) is 0.488. The highest BCUT2D eigenvalue weighted by molar-refractivity contribution is 7.98. The molecule has 114 valence electrons. The van der Waals surface area contributed by atoms with Crippen molar-refractivity contribution in [2.24, 2.45) is 0 Å². The summed E-state index contributed by atoms with van der Waals surface area (Å²) < 4.78 is 11.9. The fourth-order valence-corrected chi connectivity index (χ4v) is 2.60. The van der Waals surface area contributed by atoms with E-state index in [1.165, 1.54) is 29.0 Å². The Bertz CT molecular complexity index is 638. The van der Waals surface area contributed by atoms with E-state index in [0.717, 1.165) is 0 Å². The summed E-state index contributed by atoms with van der Waals surface area (Å²) in [6, 6.07) is 0. The highest BCUT2D eigenvalue weighted by Crippen LogP contribution is 2.29. The lowest BCUT2D eigenvalue weighted by Crippen LogP contribution is -2.48. The van der Waals surface area contributed by atoms with Gasteiger partial charge in [0.05, 0.1) is 12.9 Å². The van der Waals surface area contributed by atoms with Crippen molar-refractivity contribution in [1.82, 2.24) is 19.5 Å². The summed E-state index contributed by atoms with van der Waals surface area (Å²) in [4.78, 5) is 12.5. The molecular weight excluding hydrogens is 300 g/mol. The van der Waals surface area contributed by atoms with Gasteiger partial charge in [0.1, 0.15) is 23.0 Å². The van der Waals surface area contributed by atoms with Crippen molar-refractivity contribution in [1.29, 1.82) is 0 Å². The number of thioether (sulfide) groups is 1. The van der Waals surface area contributed by atoms with Gasteiger partial charge in [-0.05, 0) is 6.26 Å². The molecule has 0 aromatic carbocycles. The lowest BCUT2D eigenvalue weighted by atomic mass is 10.3. The van der Waals surface area contributed by atoms with Gasteiger partial charge >= 0.3 is 0 Å². The van der Waals surface area contributed by atoms with Gasteiger partial charge in [-0.1, -0.05) is 0 Å². The van der Waals surface area contributed by atoms with Gasteiger partial charge in [0, 0.05) is 0 Å². The molecule has 1 aliphatic heterocycles. The molecular formula is C11H14N4O5S. The highest BCUT2D eigenvalue weighted by Gasteiger charge is 2.38. The van der Waals surface area contributed by atoms with E-state index < -0.39 is 31.5 Å². The van der Waals surface area contributed by atoms with Crippen LogP contribution in [0.1, 0.15) is 6.23 Å². The minimum absolute atomic E-state index is 0.442. The van der Waals surface area contributed by atoms with Crippen LogP contribution in [0.25, 0.3) is 11.2 Å². The van der Waals surface area contributed by atoms with Gasteiger partial charge in [0.15, 0.2) is 18.2 Å². The molecule has 21 heavy (non-hydrogen) atoms. The molecule has 0 bridgehead atoms. The van der Waals surface area contributed by atoms with E-state index in [2.05, 4.69) is 15.0 Å². The summed E-state index contributed by atoms with van der Waals surface area (Å²) in [5.74, 6) is 0. The zero-order chi connectivity index (χ0) is 15.0. The minimum atomic E-state index is -1.41. The third-order valence-electron chi connectivity index (χ3n) is 3.13. The normalized spacial score (nSPS) is 29.9. The minimum Gasteiger partial charge on any atom is -0.393 e. The monoisotopic (exact) mass is 314 g/mol. The van der Waals surface area contributed by atoms with Crippen molar-refractivity contribution in [3.8, 4) is 0 Å². The molecule has 0 unspecified atom stereocenters. The van der Waals surface area contributed by atoms with Crippen LogP contribution in [0, 0.1) is 0 Å². The van der Waals surface area contributed by atoms with Crippen LogP contribution in [-0.2, 0) is 9.47 Å². The Hall–Kier alpha value is -1.30. The van der Waals surface area contributed by atoms with E-state index in [1.54, 1.807) is 0 Å². The molecule has 3 rings (SSSR count). The number of ether oxygens (including phenoxy) is 2. The summed E-state index contributed by atoms with van der Waals surface area (Å²) in [5.41, 5.74) is 1.04. The molecule has 1 saturated heterocycles. The van der Waals surface area contributed by atoms with Crippen molar-refractivity contribution in [2.45, 2.75) is 29.9 Å². The first kappa shape index (κ1) is 14.6. The molecule has 0 amide bonds. The third-order valence-corrected chi connectivity index (χ3v) is 3.81. The van der Waals surface area contributed by atoms with E-state index in [4.69, 9.17) is 14.6 Å². The lowest BCUT2D eigenvalue weighted by molar-refractivity contribution is -0.355. The number of fused-ring (bicyclic) bond motifs is 1. The van der Waals surface area contributed by atoms with Crippen molar-refractivity contribution in [2.75, 3.05) is 12.9 Å². The molecule has 4 atom stereocenters. The van der Waals surface area contributed by atoms with Crippen LogP contribution in [0.15, 0.2) is 17.7 Å². The molecule has 3 N–H and O–H groups in total. The van der Waals surface area contributed by atoms with E-state index in [1.807, 2.05) is 6.26 Å². The Balaban J connectivity index is 2.00. The fraction of sp³-hybridized carbons (Fsp3) is 0.545. The van der Waals surface area contributed by atoms with Gasteiger partial charge in [0.2, 0.25) is 6.29 Å². The van der Waals surface area contributed by atoms with Crippen molar-refractivity contribution in [3.63, 3.8) is 0 Å². The fourth-order valence-electron chi connectivity index (χ4n) is 2.11. The lowest BCUT2D eigenvalue weighted by Gasteiger charge is -2.36. The second-order valence-electron chi connectivity index (χ2n) is 4.37. The smallest absolute Gasteiger partial charge is 0.203 e. The molecule has 0 saturated carbocycles. The van der Waals surface area contributed by atoms with E-state index >= 15 is 0 Å². The van der Waals surface area contributed by atoms with E-state index in [0.29, 0.717) is 16.2 Å². The molecule has 0 spiro atoms. The Labute approximate surface area is 123 Å². The van der Waals surface area contributed by atoms with Gasteiger partial charge in [-0.15, -0.1) is 11.8 Å². The van der Waals surface area contributed by atoms with Crippen LogP contribution in [0.5, 0.6) is 0 Å². The maximum Gasteiger partial charge on any atom is 0.203 e. The van der Waals surface area contributed by atoms with Crippen LogP contribution in [0.4, 0.5) is 0 Å². The molecule has 0 radical (unpaired) electrons. The second-order valence-corrected chi connectivity index (χ2v) is 5.17. The number of aromatic nitrogens is 4. The first-order chi connectivity index (χ1) is 10.2. The largest absolute Gasteiger partial charge is 0.393 e. The molecule has 3 heterocycles. The average molecular weight is 314 g/mol. The summed E-state index contributed by atoms with van der Waals surface area (Å²) in [5, 5.41) is 29.3. The maximum absolute atomic E-state index is 9.92. The molecule has 0 aliphatic carbocycles. The van der Waals surface area contributed by atoms with Crippen molar-refractivity contribution < 1.29 is 24.8 Å². The standard InChI is InChI=1S/C11H14N4O5S/c1-21-8-6-7(12-3-13-8)15(4-14-6)9-11(18)20-10(17)5(2-16)19-9/h3-5,9-11,16-18H,2H2,1H3/t5-,9+,10+,11-/m0/s1. The number of nitrogens with zero attached hydrogens (tertiary/aromatic N) is 4. The molecule has 1 aliphatic rings. The molecule has 2 aromatic heterocycles. The van der Waals surface area contributed by atoms with E-state index in [9.17, 15) is 10.2 Å². The van der Waals surface area contributed by atoms with Crippen molar-refractivity contribution >= 4 is 22.9 Å². The number of rotatable bonds is 3. The molecule has 10 heteroatoms. The molecule has 2 aromatic rings. The molecule has 9 nitrogen and oxygen atoms in total. The van der Waals surface area contributed by atoms with Crippen LogP contribution >= 0.6 is 11.8 Å². The average Bonchev–Trinajstić information content (AvgIpc) is 2.91. The Morgan fingerprint density at radius 2 is 2.05 bits per heavy atom. The number of aliphatic hydroxyl groups is 3. The van der Waals surface area contributed by atoms with E-state index in [-0.39, 0.29) is 0 Å². The van der Waals surface area contributed by atoms with Crippen LogP contribution in [0.3, 0.4) is 0 Å². The van der Waals surface area contributed by atoms with Crippen molar-refractivity contribution in [3.05, 3.63) is 12.7 Å². The number of hydrogen-bond donors (Lipinski definition) is 3. The molecule has 1 fully saturated rings. The summed E-state index contributed by atoms with van der Waals surface area (Å²) in [6.45, 7) is -0.442. The summed E-state index contributed by atoms with van der Waals surface area (Å²) >= 11 is 1.42. The van der Waals surface area contributed by atoms with Gasteiger partial charge in [-0.25, -0.2) is 15.0 Å². The van der Waals surface area contributed by atoms with Gasteiger partial charge in [-0.2, -0.15) is 0 Å². The Kier molecular flexibility index (Phi) is 4.06. The first-order valence-electron chi connectivity index (χ1n) is 6.15. The van der Waals surface area contributed by atoms with Crippen LogP contribution < -0.4 is 0 Å². The Morgan fingerprint density at radius 3 is 2.76 bits per heavy atom. The summed E-state index contributed by atoms with van der Waals surface area (Å²) in [6.07, 6.45) is -0.0322. The topological polar surface area (TPSA) is 123 Å². The Morgan fingerprint density at radius 1 is 1.24 bits per heavy atom. The van der Waals surface area contributed by atoms with Gasteiger partial charge in [0.25, 0.3) is 0 Å². The zero-order valence-electron chi connectivity index (χ0n) is 11.0.